The summed E-state index contributed by atoms with van der Waals surface area (Å²) in [6, 6.07) is 12.8. The molecule has 144 valence electrons. The topological polar surface area (TPSA) is 88.2 Å². The fraction of sp³-hybridized carbons (Fsp3) is 0.100. The van der Waals surface area contributed by atoms with Crippen molar-refractivity contribution in [2.45, 2.75) is 18.7 Å². The minimum absolute atomic E-state index is 0.0404. The first kappa shape index (κ1) is 19.5. The molecular weight excluding hydrogens is 381 g/mol. The summed E-state index contributed by atoms with van der Waals surface area (Å²) < 4.78 is 40.9. The Kier molecular flexibility index (Phi) is 5.41. The Labute approximate surface area is 162 Å². The lowest BCUT2D eigenvalue weighted by Gasteiger charge is -2.12. The van der Waals surface area contributed by atoms with E-state index in [2.05, 4.69) is 15.0 Å². The summed E-state index contributed by atoms with van der Waals surface area (Å²) in [5, 5.41) is 2.63. The molecule has 0 saturated heterocycles. The molecule has 3 aromatic rings. The van der Waals surface area contributed by atoms with Crippen LogP contribution in [0.2, 0.25) is 0 Å². The van der Waals surface area contributed by atoms with Gasteiger partial charge in [0.2, 0.25) is 0 Å². The van der Waals surface area contributed by atoms with Crippen LogP contribution in [0.3, 0.4) is 0 Å². The molecule has 1 aromatic heterocycles. The van der Waals surface area contributed by atoms with Gasteiger partial charge in [-0.1, -0.05) is 12.1 Å². The maximum absolute atomic E-state index is 13.0. The molecule has 2 N–H and O–H groups in total. The van der Waals surface area contributed by atoms with Crippen LogP contribution in [0.5, 0.6) is 0 Å². The van der Waals surface area contributed by atoms with E-state index in [1.807, 2.05) is 6.92 Å². The number of nitrogens with zero attached hydrogens (tertiary/aromatic N) is 1. The number of halogens is 1. The fourth-order valence-corrected chi connectivity index (χ4v) is 3.82. The number of benzene rings is 2. The lowest BCUT2D eigenvalue weighted by atomic mass is 10.1. The number of amides is 1. The van der Waals surface area contributed by atoms with E-state index < -0.39 is 21.7 Å². The average molecular weight is 399 g/mol. The van der Waals surface area contributed by atoms with Crippen molar-refractivity contribution in [3.05, 3.63) is 83.3 Å². The zero-order chi connectivity index (χ0) is 20.3. The smallest absolute Gasteiger partial charge is 0.262 e. The number of aryl methyl sites for hydroxylation is 2. The number of pyridine rings is 1. The van der Waals surface area contributed by atoms with E-state index >= 15 is 0 Å². The second-order valence-electron chi connectivity index (χ2n) is 6.27. The van der Waals surface area contributed by atoms with Crippen LogP contribution in [0.25, 0.3) is 0 Å². The van der Waals surface area contributed by atoms with Gasteiger partial charge in [0.05, 0.1) is 4.90 Å². The van der Waals surface area contributed by atoms with E-state index in [1.165, 1.54) is 24.3 Å². The monoisotopic (exact) mass is 399 g/mol. The minimum Gasteiger partial charge on any atom is -0.307 e. The van der Waals surface area contributed by atoms with E-state index in [-0.39, 0.29) is 16.1 Å². The summed E-state index contributed by atoms with van der Waals surface area (Å²) in [4.78, 5) is 16.5. The first-order chi connectivity index (χ1) is 13.2. The molecule has 0 bridgehead atoms. The average Bonchev–Trinajstić information content (AvgIpc) is 2.65. The number of rotatable bonds is 5. The molecule has 3 rings (SSSR count). The van der Waals surface area contributed by atoms with Gasteiger partial charge in [-0.25, -0.2) is 17.8 Å². The highest BCUT2D eigenvalue weighted by molar-refractivity contribution is 7.92. The molecule has 0 aliphatic rings. The first-order valence-electron chi connectivity index (χ1n) is 8.38. The summed E-state index contributed by atoms with van der Waals surface area (Å²) in [6.07, 6.45) is 1.62. The number of carbonyl (C=O) groups is 1. The lowest BCUT2D eigenvalue weighted by Crippen LogP contribution is -2.17. The van der Waals surface area contributed by atoms with Gasteiger partial charge in [-0.3, -0.25) is 9.52 Å². The van der Waals surface area contributed by atoms with Crippen LogP contribution in [0.15, 0.2) is 65.7 Å². The Bertz CT molecular complexity index is 1110. The van der Waals surface area contributed by atoms with Crippen LogP contribution in [0.4, 0.5) is 15.9 Å². The molecule has 0 atom stereocenters. The van der Waals surface area contributed by atoms with Gasteiger partial charge in [0.1, 0.15) is 11.6 Å². The highest BCUT2D eigenvalue weighted by Crippen LogP contribution is 2.21. The Hall–Kier alpha value is -3.26. The van der Waals surface area contributed by atoms with Gasteiger partial charge in [-0.15, -0.1) is 0 Å². The van der Waals surface area contributed by atoms with E-state index in [1.54, 1.807) is 31.3 Å². The van der Waals surface area contributed by atoms with Gasteiger partial charge < -0.3 is 5.32 Å². The first-order valence-corrected chi connectivity index (χ1v) is 9.86. The predicted molar refractivity (Wildman–Crippen MR) is 105 cm³/mol. The summed E-state index contributed by atoms with van der Waals surface area (Å²) in [7, 11) is -3.96. The zero-order valence-corrected chi connectivity index (χ0v) is 16.0. The van der Waals surface area contributed by atoms with Gasteiger partial charge in [-0.2, -0.15) is 0 Å². The molecule has 0 unspecified atom stereocenters. The van der Waals surface area contributed by atoms with E-state index in [0.717, 1.165) is 17.7 Å². The number of hydrogen-bond donors (Lipinski definition) is 2. The Morgan fingerprint density at radius 2 is 1.71 bits per heavy atom. The molecule has 8 heteroatoms. The van der Waals surface area contributed by atoms with Crippen molar-refractivity contribution in [1.29, 1.82) is 0 Å². The van der Waals surface area contributed by atoms with Gasteiger partial charge in [-0.05, 0) is 67.4 Å². The normalized spacial score (nSPS) is 11.1. The van der Waals surface area contributed by atoms with E-state index in [9.17, 15) is 17.6 Å². The van der Waals surface area contributed by atoms with Crippen LogP contribution in [-0.4, -0.2) is 19.3 Å². The van der Waals surface area contributed by atoms with Gasteiger partial charge in [0.15, 0.2) is 0 Å². The van der Waals surface area contributed by atoms with Crippen LogP contribution in [0.1, 0.15) is 21.5 Å². The van der Waals surface area contributed by atoms with Crippen molar-refractivity contribution in [3.63, 3.8) is 0 Å². The van der Waals surface area contributed by atoms with Crippen molar-refractivity contribution in [2.75, 3.05) is 10.0 Å². The molecule has 1 amide bonds. The number of anilines is 2. The fourth-order valence-electron chi connectivity index (χ4n) is 2.49. The standard InChI is InChI=1S/C20H18FN3O3S/c1-13-3-10-19(22-12-13)23-20(25)15-5-4-14(2)18(11-15)28(26,27)24-17-8-6-16(21)7-9-17/h3-12,24H,1-2H3,(H,22,23,25). The molecule has 0 spiro atoms. The molecule has 6 nitrogen and oxygen atoms in total. The predicted octanol–water partition coefficient (Wildman–Crippen LogP) is 3.89. The van der Waals surface area contributed by atoms with Crippen LogP contribution >= 0.6 is 0 Å². The van der Waals surface area contributed by atoms with Crippen molar-refractivity contribution in [2.24, 2.45) is 0 Å². The quantitative estimate of drug-likeness (QED) is 0.681. The summed E-state index contributed by atoms with van der Waals surface area (Å²) >= 11 is 0. The molecule has 0 radical (unpaired) electrons. The van der Waals surface area contributed by atoms with Crippen molar-refractivity contribution in [1.82, 2.24) is 4.98 Å². The van der Waals surface area contributed by atoms with Crippen molar-refractivity contribution < 1.29 is 17.6 Å². The maximum Gasteiger partial charge on any atom is 0.262 e. The van der Waals surface area contributed by atoms with Gasteiger partial charge in [0.25, 0.3) is 15.9 Å². The molecule has 0 fully saturated rings. The third kappa shape index (κ3) is 4.52. The van der Waals surface area contributed by atoms with E-state index in [0.29, 0.717) is 11.4 Å². The SMILES string of the molecule is Cc1ccc(NC(=O)c2ccc(C)c(S(=O)(=O)Nc3ccc(F)cc3)c2)nc1. The number of sulfonamides is 1. The molecule has 1 heterocycles. The number of hydrogen-bond acceptors (Lipinski definition) is 4. The molecule has 0 aliphatic heterocycles. The maximum atomic E-state index is 13.0. The second kappa shape index (κ2) is 7.77. The van der Waals surface area contributed by atoms with Gasteiger partial charge in [0, 0.05) is 17.4 Å². The Morgan fingerprint density at radius 1 is 1.00 bits per heavy atom. The molecule has 2 aromatic carbocycles. The summed E-state index contributed by atoms with van der Waals surface area (Å²) in [5.41, 5.74) is 1.82. The number of aromatic nitrogens is 1. The molecular formula is C20H18FN3O3S. The summed E-state index contributed by atoms with van der Waals surface area (Å²) in [5.74, 6) is -0.581. The van der Waals surface area contributed by atoms with Crippen LogP contribution < -0.4 is 10.0 Å². The van der Waals surface area contributed by atoms with Crippen molar-refractivity contribution >= 4 is 27.4 Å². The third-order valence-corrected chi connectivity index (χ3v) is 5.51. The molecule has 28 heavy (non-hydrogen) atoms. The highest BCUT2D eigenvalue weighted by Gasteiger charge is 2.19. The van der Waals surface area contributed by atoms with Crippen LogP contribution in [-0.2, 0) is 10.0 Å². The Morgan fingerprint density at radius 3 is 2.36 bits per heavy atom. The summed E-state index contributed by atoms with van der Waals surface area (Å²) in [6.45, 7) is 3.51. The lowest BCUT2D eigenvalue weighted by molar-refractivity contribution is 0.102. The largest absolute Gasteiger partial charge is 0.307 e. The van der Waals surface area contributed by atoms with Crippen LogP contribution in [0, 0.1) is 19.7 Å². The van der Waals surface area contributed by atoms with Crippen molar-refractivity contribution in [3.8, 4) is 0 Å². The zero-order valence-electron chi connectivity index (χ0n) is 15.2. The minimum atomic E-state index is -3.96. The number of carbonyl (C=O) groups excluding carboxylic acids is 1. The Balaban J connectivity index is 1.86. The third-order valence-electron chi connectivity index (χ3n) is 3.99. The molecule has 0 saturated carbocycles. The molecule has 0 aliphatic carbocycles. The highest BCUT2D eigenvalue weighted by atomic mass is 32.2. The van der Waals surface area contributed by atoms with Gasteiger partial charge >= 0.3 is 0 Å². The second-order valence-corrected chi connectivity index (χ2v) is 7.92. The van der Waals surface area contributed by atoms with E-state index in [4.69, 9.17) is 0 Å². The number of nitrogens with one attached hydrogen (secondary N) is 2.